The maximum atomic E-state index is 13.1. The molecule has 33 heavy (non-hydrogen) atoms. The van der Waals surface area contributed by atoms with Crippen LogP contribution in [-0.4, -0.2) is 45.4 Å². The van der Waals surface area contributed by atoms with Gasteiger partial charge in [0.15, 0.2) is 11.3 Å². The molecule has 0 bridgehead atoms. The van der Waals surface area contributed by atoms with Crippen LogP contribution in [0.25, 0.3) is 11.0 Å². The largest absolute Gasteiger partial charge is 0.495 e. The molecule has 1 aromatic heterocycles. The Labute approximate surface area is 193 Å². The lowest BCUT2D eigenvalue weighted by Gasteiger charge is -2.18. The zero-order valence-electron chi connectivity index (χ0n) is 19.0. The van der Waals surface area contributed by atoms with Crippen LogP contribution in [0.1, 0.15) is 48.8 Å². The molecule has 1 saturated heterocycles. The highest BCUT2D eigenvalue weighted by Crippen LogP contribution is 2.32. The Balaban J connectivity index is 1.58. The van der Waals surface area contributed by atoms with Crippen molar-refractivity contribution in [1.29, 1.82) is 0 Å². The van der Waals surface area contributed by atoms with Crippen molar-refractivity contribution in [3.8, 4) is 11.5 Å². The summed E-state index contributed by atoms with van der Waals surface area (Å²) in [6, 6.07) is 11.5. The third kappa shape index (κ3) is 4.56. The van der Waals surface area contributed by atoms with Crippen LogP contribution in [0.15, 0.2) is 51.8 Å². The minimum absolute atomic E-state index is 0.00250. The van der Waals surface area contributed by atoms with Gasteiger partial charge >= 0.3 is 0 Å². The number of nitrogens with zero attached hydrogens (tertiary/aromatic N) is 1. The van der Waals surface area contributed by atoms with E-state index in [1.807, 2.05) is 31.2 Å². The summed E-state index contributed by atoms with van der Waals surface area (Å²) in [5.41, 5.74) is 0.852. The van der Waals surface area contributed by atoms with Crippen LogP contribution in [-0.2, 0) is 10.0 Å². The molecule has 0 spiro atoms. The fraction of sp³-hybridized carbons (Fsp3) is 0.375. The molecular formula is C24H28N2O6S. The van der Waals surface area contributed by atoms with Crippen molar-refractivity contribution in [2.75, 3.05) is 26.8 Å². The molecule has 0 aliphatic carbocycles. The molecule has 2 heterocycles. The van der Waals surface area contributed by atoms with Gasteiger partial charge in [-0.1, -0.05) is 12.1 Å². The number of rotatable bonds is 8. The second kappa shape index (κ2) is 9.44. The topological polar surface area (TPSA) is 98.1 Å². The zero-order valence-corrected chi connectivity index (χ0v) is 19.8. The van der Waals surface area contributed by atoms with Gasteiger partial charge in [0.2, 0.25) is 10.0 Å². The van der Waals surface area contributed by atoms with Gasteiger partial charge in [-0.15, -0.1) is 0 Å². The summed E-state index contributed by atoms with van der Waals surface area (Å²) in [7, 11) is -2.33. The molecule has 1 aliphatic rings. The Morgan fingerprint density at radius 1 is 1.15 bits per heavy atom. The zero-order chi connectivity index (χ0) is 23.6. The van der Waals surface area contributed by atoms with Crippen LogP contribution in [0.3, 0.4) is 0 Å². The molecular weight excluding hydrogens is 444 g/mol. The molecule has 1 N–H and O–H groups in total. The maximum absolute atomic E-state index is 13.1. The molecule has 9 heteroatoms. The van der Waals surface area contributed by atoms with Crippen LogP contribution in [0.5, 0.6) is 11.5 Å². The average Bonchev–Trinajstić information content (AvgIpc) is 3.50. The molecule has 1 fully saturated rings. The summed E-state index contributed by atoms with van der Waals surface area (Å²) in [5, 5.41) is 3.76. The van der Waals surface area contributed by atoms with E-state index in [1.54, 1.807) is 13.0 Å². The predicted octanol–water partition coefficient (Wildman–Crippen LogP) is 4.12. The minimum Gasteiger partial charge on any atom is -0.495 e. The first kappa shape index (κ1) is 23.1. The first-order valence-corrected chi connectivity index (χ1v) is 12.4. The molecule has 3 aromatic rings. The maximum Gasteiger partial charge on any atom is 0.251 e. The van der Waals surface area contributed by atoms with Gasteiger partial charge in [0.1, 0.15) is 16.4 Å². The second-order valence-electron chi connectivity index (χ2n) is 7.93. The van der Waals surface area contributed by atoms with Crippen molar-refractivity contribution in [3.63, 3.8) is 0 Å². The Morgan fingerprint density at radius 2 is 1.91 bits per heavy atom. The quantitative estimate of drug-likeness (QED) is 0.530. The third-order valence-electron chi connectivity index (χ3n) is 5.71. The predicted molar refractivity (Wildman–Crippen MR) is 124 cm³/mol. The number of fused-ring (bicyclic) bond motifs is 1. The number of carbonyl (C=O) groups excluding carboxylic acids is 1. The third-order valence-corrected chi connectivity index (χ3v) is 7.63. The van der Waals surface area contributed by atoms with Crippen LogP contribution >= 0.6 is 0 Å². The molecule has 176 valence electrons. The number of hydrogen-bond acceptors (Lipinski definition) is 6. The fourth-order valence-electron chi connectivity index (χ4n) is 3.98. The summed E-state index contributed by atoms with van der Waals surface area (Å²) in [5.74, 6) is 1.02. The average molecular weight is 473 g/mol. The monoisotopic (exact) mass is 472 g/mol. The second-order valence-corrected chi connectivity index (χ2v) is 9.83. The lowest BCUT2D eigenvalue weighted by Crippen LogP contribution is -2.29. The van der Waals surface area contributed by atoms with Crippen molar-refractivity contribution in [1.82, 2.24) is 9.62 Å². The number of hydrogen-bond donors (Lipinski definition) is 1. The van der Waals surface area contributed by atoms with Crippen molar-refractivity contribution < 1.29 is 27.1 Å². The van der Waals surface area contributed by atoms with Gasteiger partial charge in [-0.2, -0.15) is 4.31 Å². The normalized spacial score (nSPS) is 15.5. The van der Waals surface area contributed by atoms with E-state index in [4.69, 9.17) is 13.9 Å². The first-order valence-electron chi connectivity index (χ1n) is 11.0. The highest BCUT2D eigenvalue weighted by Gasteiger charge is 2.31. The van der Waals surface area contributed by atoms with Crippen molar-refractivity contribution in [3.05, 3.63) is 53.8 Å². The van der Waals surface area contributed by atoms with Gasteiger partial charge in [-0.25, -0.2) is 8.42 Å². The van der Waals surface area contributed by atoms with Crippen LogP contribution < -0.4 is 14.8 Å². The number of amides is 1. The van der Waals surface area contributed by atoms with Crippen LogP contribution in [0.4, 0.5) is 0 Å². The van der Waals surface area contributed by atoms with E-state index in [0.717, 1.165) is 18.2 Å². The van der Waals surface area contributed by atoms with Crippen molar-refractivity contribution in [2.45, 2.75) is 37.6 Å². The molecule has 1 amide bonds. The number of carbonyl (C=O) groups is 1. The lowest BCUT2D eigenvalue weighted by atomic mass is 10.1. The number of benzene rings is 2. The number of methoxy groups -OCH3 is 1. The van der Waals surface area contributed by atoms with E-state index in [9.17, 15) is 13.2 Å². The summed E-state index contributed by atoms with van der Waals surface area (Å²) in [6.07, 6.45) is 1.64. The molecule has 2 aromatic carbocycles. The van der Waals surface area contributed by atoms with Gasteiger partial charge in [-0.3, -0.25) is 4.79 Å². The summed E-state index contributed by atoms with van der Waals surface area (Å²) >= 11 is 0. The van der Waals surface area contributed by atoms with E-state index >= 15 is 0 Å². The standard InChI is InChI=1S/C24H28N2O6S/c1-4-31-20-9-7-8-17-14-21(32-23(17)20)16(2)25-24(27)18-10-11-19(30-3)22(15-18)33(28,29)26-12-5-6-13-26/h7-11,14-16H,4-6,12-13H2,1-3H3,(H,25,27)/t16-/m0/s1. The van der Waals surface area contributed by atoms with Crippen LogP contribution in [0, 0.1) is 0 Å². The first-order chi connectivity index (χ1) is 15.8. The van der Waals surface area contributed by atoms with Crippen molar-refractivity contribution >= 4 is 26.9 Å². The van der Waals surface area contributed by atoms with E-state index < -0.39 is 22.0 Å². The van der Waals surface area contributed by atoms with Crippen molar-refractivity contribution in [2.24, 2.45) is 0 Å². The molecule has 0 radical (unpaired) electrons. The molecule has 8 nitrogen and oxygen atoms in total. The Bertz CT molecular complexity index is 1260. The van der Waals surface area contributed by atoms with E-state index in [-0.39, 0.29) is 16.2 Å². The minimum atomic E-state index is -3.75. The van der Waals surface area contributed by atoms with Gasteiger partial charge in [0, 0.05) is 24.0 Å². The molecule has 1 aliphatic heterocycles. The Morgan fingerprint density at radius 3 is 2.61 bits per heavy atom. The number of furan rings is 1. The van der Waals surface area contributed by atoms with E-state index in [1.165, 1.54) is 23.5 Å². The van der Waals surface area contributed by atoms with E-state index in [2.05, 4.69) is 5.32 Å². The number of para-hydroxylation sites is 1. The molecule has 0 unspecified atom stereocenters. The molecule has 4 rings (SSSR count). The summed E-state index contributed by atoms with van der Waals surface area (Å²) in [6.45, 7) is 5.16. The highest BCUT2D eigenvalue weighted by molar-refractivity contribution is 7.89. The number of nitrogens with one attached hydrogen (secondary N) is 1. The lowest BCUT2D eigenvalue weighted by molar-refractivity contribution is 0.0935. The van der Waals surface area contributed by atoms with Crippen LogP contribution in [0.2, 0.25) is 0 Å². The summed E-state index contributed by atoms with van der Waals surface area (Å²) < 4.78 is 44.5. The fourth-order valence-corrected chi connectivity index (χ4v) is 5.68. The number of ether oxygens (including phenoxy) is 2. The van der Waals surface area contributed by atoms with Gasteiger partial charge < -0.3 is 19.2 Å². The van der Waals surface area contributed by atoms with Gasteiger partial charge in [-0.05, 0) is 57.0 Å². The SMILES string of the molecule is CCOc1cccc2cc([C@H](C)NC(=O)c3ccc(OC)c(S(=O)(=O)N4CCCC4)c3)oc12. The smallest absolute Gasteiger partial charge is 0.251 e. The summed E-state index contributed by atoms with van der Waals surface area (Å²) in [4.78, 5) is 13.0. The van der Waals surface area contributed by atoms with E-state index in [0.29, 0.717) is 36.8 Å². The molecule has 1 atom stereocenters. The van der Waals surface area contributed by atoms with Gasteiger partial charge in [0.05, 0.1) is 19.8 Å². The molecule has 0 saturated carbocycles. The van der Waals surface area contributed by atoms with Gasteiger partial charge in [0.25, 0.3) is 5.91 Å². The Hall–Kier alpha value is -3.04. The number of sulfonamides is 1. The highest BCUT2D eigenvalue weighted by atomic mass is 32.2. The Kier molecular flexibility index (Phi) is 6.62.